The molecule has 0 saturated carbocycles. The Bertz CT molecular complexity index is 474. The van der Waals surface area contributed by atoms with Crippen LogP contribution in [0, 0.1) is 0 Å². The molecule has 0 radical (unpaired) electrons. The second-order valence-corrected chi connectivity index (χ2v) is 4.36. The van der Waals surface area contributed by atoms with E-state index in [1.807, 2.05) is 6.07 Å². The van der Waals surface area contributed by atoms with Crippen LogP contribution in [0.5, 0.6) is 0 Å². The highest BCUT2D eigenvalue weighted by atomic mass is 35.5. The fourth-order valence-corrected chi connectivity index (χ4v) is 2.26. The SMILES string of the molecule is O=C(CCl)c1ccc2c(c1)N(C(=O)CCl)CC2. The Kier molecular flexibility index (Phi) is 3.69. The van der Waals surface area contributed by atoms with Crippen molar-refractivity contribution in [3.63, 3.8) is 0 Å². The molecule has 0 saturated heterocycles. The highest BCUT2D eigenvalue weighted by Gasteiger charge is 2.24. The summed E-state index contributed by atoms with van der Waals surface area (Å²) in [4.78, 5) is 24.7. The number of hydrogen-bond acceptors (Lipinski definition) is 2. The molecule has 1 aromatic carbocycles. The average molecular weight is 272 g/mol. The van der Waals surface area contributed by atoms with Crippen LogP contribution in [0.15, 0.2) is 18.2 Å². The number of hydrogen-bond donors (Lipinski definition) is 0. The molecule has 5 heteroatoms. The van der Waals surface area contributed by atoms with Crippen molar-refractivity contribution in [2.24, 2.45) is 0 Å². The van der Waals surface area contributed by atoms with Gasteiger partial charge in [-0.15, -0.1) is 23.2 Å². The van der Waals surface area contributed by atoms with Crippen molar-refractivity contribution in [3.05, 3.63) is 29.3 Å². The molecular weight excluding hydrogens is 261 g/mol. The molecule has 0 aromatic heterocycles. The van der Waals surface area contributed by atoms with E-state index in [0.29, 0.717) is 12.1 Å². The lowest BCUT2D eigenvalue weighted by Gasteiger charge is -2.16. The van der Waals surface area contributed by atoms with Gasteiger partial charge in [0.25, 0.3) is 0 Å². The van der Waals surface area contributed by atoms with Gasteiger partial charge in [0.15, 0.2) is 5.78 Å². The summed E-state index contributed by atoms with van der Waals surface area (Å²) in [5, 5.41) is 0. The van der Waals surface area contributed by atoms with Crippen molar-refractivity contribution in [2.45, 2.75) is 6.42 Å². The van der Waals surface area contributed by atoms with Crippen LogP contribution >= 0.6 is 23.2 Å². The number of nitrogens with zero attached hydrogens (tertiary/aromatic N) is 1. The first-order valence-electron chi connectivity index (χ1n) is 5.25. The number of anilines is 1. The van der Waals surface area contributed by atoms with Gasteiger partial charge in [0.2, 0.25) is 5.91 Å². The van der Waals surface area contributed by atoms with Gasteiger partial charge in [-0.1, -0.05) is 12.1 Å². The van der Waals surface area contributed by atoms with Crippen molar-refractivity contribution < 1.29 is 9.59 Å². The molecular formula is C12H11Cl2NO2. The minimum Gasteiger partial charge on any atom is -0.311 e. The molecule has 0 atom stereocenters. The quantitative estimate of drug-likeness (QED) is 0.625. The smallest absolute Gasteiger partial charge is 0.241 e. The summed E-state index contributed by atoms with van der Waals surface area (Å²) in [5.74, 6) is -0.379. The van der Waals surface area contributed by atoms with Gasteiger partial charge in [-0.3, -0.25) is 9.59 Å². The van der Waals surface area contributed by atoms with E-state index in [4.69, 9.17) is 23.2 Å². The standard InChI is InChI=1S/C12H11Cl2NO2/c13-6-11(16)9-2-1-8-3-4-15(10(8)5-9)12(17)7-14/h1-2,5H,3-4,6-7H2. The number of alkyl halides is 2. The van der Waals surface area contributed by atoms with E-state index in [1.54, 1.807) is 17.0 Å². The molecule has 17 heavy (non-hydrogen) atoms. The molecule has 1 aromatic rings. The molecule has 0 aliphatic carbocycles. The van der Waals surface area contributed by atoms with Crippen LogP contribution in [-0.2, 0) is 11.2 Å². The maximum atomic E-state index is 11.6. The molecule has 1 heterocycles. The molecule has 0 fully saturated rings. The van der Waals surface area contributed by atoms with Crippen LogP contribution < -0.4 is 4.90 Å². The van der Waals surface area contributed by atoms with Gasteiger partial charge in [0, 0.05) is 17.8 Å². The molecule has 90 valence electrons. The third kappa shape index (κ3) is 2.31. The van der Waals surface area contributed by atoms with E-state index in [0.717, 1.165) is 17.7 Å². The summed E-state index contributed by atoms with van der Waals surface area (Å²) < 4.78 is 0. The first kappa shape index (κ1) is 12.4. The van der Waals surface area contributed by atoms with E-state index in [2.05, 4.69) is 0 Å². The number of ketones is 1. The molecule has 1 amide bonds. The Hall–Kier alpha value is -1.06. The summed E-state index contributed by atoms with van der Waals surface area (Å²) in [6.45, 7) is 0.624. The van der Waals surface area contributed by atoms with Crippen molar-refractivity contribution in [3.8, 4) is 0 Å². The van der Waals surface area contributed by atoms with E-state index in [1.165, 1.54) is 0 Å². The maximum Gasteiger partial charge on any atom is 0.241 e. The number of carbonyl (C=O) groups is 2. The van der Waals surface area contributed by atoms with E-state index in [-0.39, 0.29) is 23.5 Å². The van der Waals surface area contributed by atoms with Crippen molar-refractivity contribution in [1.82, 2.24) is 0 Å². The lowest BCUT2D eigenvalue weighted by atomic mass is 10.1. The van der Waals surface area contributed by atoms with Crippen LogP contribution in [0.25, 0.3) is 0 Å². The van der Waals surface area contributed by atoms with Gasteiger partial charge in [0.1, 0.15) is 5.88 Å². The number of Topliss-reactive ketones (excluding diaryl/α,β-unsaturated/α-hetero) is 1. The number of benzene rings is 1. The molecule has 0 unspecified atom stereocenters. The molecule has 2 rings (SSSR count). The average Bonchev–Trinajstić information content (AvgIpc) is 2.79. The first-order chi connectivity index (χ1) is 8.17. The van der Waals surface area contributed by atoms with Crippen molar-refractivity contribution in [1.29, 1.82) is 0 Å². The monoisotopic (exact) mass is 271 g/mol. The van der Waals surface area contributed by atoms with Gasteiger partial charge in [-0.25, -0.2) is 0 Å². The summed E-state index contributed by atoms with van der Waals surface area (Å²) in [7, 11) is 0. The fourth-order valence-electron chi connectivity index (χ4n) is 1.96. The number of rotatable bonds is 3. The fraction of sp³-hybridized carbons (Fsp3) is 0.333. The predicted molar refractivity (Wildman–Crippen MR) is 68.3 cm³/mol. The first-order valence-corrected chi connectivity index (χ1v) is 6.32. The van der Waals surface area contributed by atoms with Crippen molar-refractivity contribution in [2.75, 3.05) is 23.2 Å². The zero-order valence-electron chi connectivity index (χ0n) is 9.08. The molecule has 0 bridgehead atoms. The number of carbonyl (C=O) groups excluding carboxylic acids is 2. The summed E-state index contributed by atoms with van der Waals surface area (Å²) >= 11 is 11.1. The second kappa shape index (κ2) is 5.07. The highest BCUT2D eigenvalue weighted by Crippen LogP contribution is 2.29. The minimum atomic E-state index is -0.139. The zero-order valence-corrected chi connectivity index (χ0v) is 10.6. The third-order valence-corrected chi connectivity index (χ3v) is 3.31. The lowest BCUT2D eigenvalue weighted by molar-refractivity contribution is -0.116. The topological polar surface area (TPSA) is 37.4 Å². The molecule has 0 spiro atoms. The van der Waals surface area contributed by atoms with Crippen LogP contribution in [-0.4, -0.2) is 30.0 Å². The Balaban J connectivity index is 2.37. The van der Waals surface area contributed by atoms with Crippen molar-refractivity contribution >= 4 is 40.6 Å². The van der Waals surface area contributed by atoms with Crippen LogP contribution in [0.4, 0.5) is 5.69 Å². The van der Waals surface area contributed by atoms with Crippen LogP contribution in [0.3, 0.4) is 0 Å². The molecule has 0 N–H and O–H groups in total. The van der Waals surface area contributed by atoms with E-state index >= 15 is 0 Å². The normalized spacial score (nSPS) is 13.6. The maximum absolute atomic E-state index is 11.6. The van der Waals surface area contributed by atoms with E-state index in [9.17, 15) is 9.59 Å². The van der Waals surface area contributed by atoms with Gasteiger partial charge in [0.05, 0.1) is 5.88 Å². The number of amides is 1. The second-order valence-electron chi connectivity index (χ2n) is 3.83. The summed E-state index contributed by atoms with van der Waals surface area (Å²) in [6, 6.07) is 5.34. The highest BCUT2D eigenvalue weighted by molar-refractivity contribution is 6.31. The number of fused-ring (bicyclic) bond motifs is 1. The van der Waals surface area contributed by atoms with Gasteiger partial charge >= 0.3 is 0 Å². The summed E-state index contributed by atoms with van der Waals surface area (Å²) in [5.41, 5.74) is 2.38. The molecule has 3 nitrogen and oxygen atoms in total. The molecule has 1 aliphatic rings. The third-order valence-electron chi connectivity index (χ3n) is 2.84. The minimum absolute atomic E-state index is 0.0485. The zero-order chi connectivity index (χ0) is 12.4. The van der Waals surface area contributed by atoms with E-state index < -0.39 is 0 Å². The van der Waals surface area contributed by atoms with Gasteiger partial charge in [-0.2, -0.15) is 0 Å². The Morgan fingerprint density at radius 2 is 2.00 bits per heavy atom. The Labute approximate surface area is 109 Å². The lowest BCUT2D eigenvalue weighted by Crippen LogP contribution is -2.29. The largest absolute Gasteiger partial charge is 0.311 e. The Morgan fingerprint density at radius 3 is 2.65 bits per heavy atom. The van der Waals surface area contributed by atoms with Crippen LogP contribution in [0.1, 0.15) is 15.9 Å². The van der Waals surface area contributed by atoms with Crippen LogP contribution in [0.2, 0.25) is 0 Å². The Morgan fingerprint density at radius 1 is 1.24 bits per heavy atom. The number of halogens is 2. The summed E-state index contributed by atoms with van der Waals surface area (Å²) in [6.07, 6.45) is 0.799. The van der Waals surface area contributed by atoms with Gasteiger partial charge in [-0.05, 0) is 18.1 Å². The van der Waals surface area contributed by atoms with Gasteiger partial charge < -0.3 is 4.90 Å². The molecule has 1 aliphatic heterocycles. The predicted octanol–water partition coefficient (Wildman–Crippen LogP) is 2.24.